The number of benzene rings is 1. The fourth-order valence-electron chi connectivity index (χ4n) is 2.12. The summed E-state index contributed by atoms with van der Waals surface area (Å²) >= 11 is 0. The van der Waals surface area contributed by atoms with Crippen LogP contribution in [0.15, 0.2) is 30.3 Å². The van der Waals surface area contributed by atoms with Crippen molar-refractivity contribution in [3.8, 4) is 0 Å². The first-order valence-electron chi connectivity index (χ1n) is 5.83. The molecule has 0 aromatic heterocycles. The lowest BCUT2D eigenvalue weighted by Gasteiger charge is -2.41. The lowest BCUT2D eigenvalue weighted by atomic mass is 9.95. The Balaban J connectivity index is 1.93. The highest BCUT2D eigenvalue weighted by Crippen LogP contribution is 2.25. The zero-order valence-electron chi connectivity index (χ0n) is 9.62. The Morgan fingerprint density at radius 2 is 2.06 bits per heavy atom. The highest BCUT2D eigenvalue weighted by molar-refractivity contribution is 5.83. The molecule has 1 saturated heterocycles. The van der Waals surface area contributed by atoms with Crippen molar-refractivity contribution in [3.63, 3.8) is 0 Å². The van der Waals surface area contributed by atoms with E-state index in [1.807, 2.05) is 30.3 Å². The second-order valence-electron chi connectivity index (χ2n) is 4.44. The normalized spacial score (nSPS) is 21.2. The molecule has 0 spiro atoms. The third-order valence-corrected chi connectivity index (χ3v) is 3.12. The van der Waals surface area contributed by atoms with Crippen molar-refractivity contribution in [1.82, 2.24) is 4.90 Å². The Kier molecular flexibility index (Phi) is 3.76. The number of likely N-dealkylation sites (tertiary alicyclic amines) is 1. The predicted molar refractivity (Wildman–Crippen MR) is 63.1 cm³/mol. The van der Waals surface area contributed by atoms with E-state index in [-0.39, 0.29) is 18.6 Å². The van der Waals surface area contributed by atoms with Crippen LogP contribution in [-0.4, -0.2) is 39.8 Å². The third kappa shape index (κ3) is 2.84. The molecule has 17 heavy (non-hydrogen) atoms. The summed E-state index contributed by atoms with van der Waals surface area (Å²) in [4.78, 5) is 13.3. The summed E-state index contributed by atoms with van der Waals surface area (Å²) in [6.45, 7) is 0.340. The number of aliphatic hydroxyl groups excluding tert-OH is 2. The molecule has 4 nitrogen and oxygen atoms in total. The summed E-state index contributed by atoms with van der Waals surface area (Å²) in [7, 11) is 0. The highest BCUT2D eigenvalue weighted by atomic mass is 16.3. The SMILES string of the molecule is O=C1C[C@@H](C[C@H](O)CO)N1Cc1ccccc1. The fourth-order valence-corrected chi connectivity index (χ4v) is 2.12. The van der Waals surface area contributed by atoms with Gasteiger partial charge in [-0.05, 0) is 12.0 Å². The van der Waals surface area contributed by atoms with Crippen LogP contribution >= 0.6 is 0 Å². The van der Waals surface area contributed by atoms with Crippen LogP contribution in [0.5, 0.6) is 0 Å². The summed E-state index contributed by atoms with van der Waals surface area (Å²) in [5.74, 6) is 0.115. The van der Waals surface area contributed by atoms with E-state index in [0.717, 1.165) is 5.56 Å². The molecular weight excluding hydrogens is 218 g/mol. The van der Waals surface area contributed by atoms with Crippen LogP contribution in [0.4, 0.5) is 0 Å². The minimum Gasteiger partial charge on any atom is -0.394 e. The van der Waals surface area contributed by atoms with E-state index in [9.17, 15) is 9.90 Å². The van der Waals surface area contributed by atoms with Crippen LogP contribution in [0.2, 0.25) is 0 Å². The van der Waals surface area contributed by atoms with Crippen molar-refractivity contribution < 1.29 is 15.0 Å². The molecular formula is C13H17NO3. The van der Waals surface area contributed by atoms with Gasteiger partial charge in [0.25, 0.3) is 0 Å². The van der Waals surface area contributed by atoms with Gasteiger partial charge in [0.05, 0.1) is 12.7 Å². The average molecular weight is 235 g/mol. The molecule has 1 heterocycles. The van der Waals surface area contributed by atoms with Gasteiger partial charge in [0.2, 0.25) is 5.91 Å². The van der Waals surface area contributed by atoms with Crippen LogP contribution in [0, 0.1) is 0 Å². The minimum atomic E-state index is -0.730. The Morgan fingerprint density at radius 1 is 1.35 bits per heavy atom. The molecule has 1 aromatic rings. The van der Waals surface area contributed by atoms with Gasteiger partial charge in [0, 0.05) is 19.0 Å². The Morgan fingerprint density at radius 3 is 2.65 bits per heavy atom. The molecule has 0 bridgehead atoms. The van der Waals surface area contributed by atoms with Gasteiger partial charge < -0.3 is 15.1 Å². The van der Waals surface area contributed by atoms with Crippen LogP contribution in [0.3, 0.4) is 0 Å². The molecule has 0 radical (unpaired) electrons. The minimum absolute atomic E-state index is 0.0601. The summed E-state index contributed by atoms with van der Waals surface area (Å²) in [6.07, 6.45) is 0.199. The van der Waals surface area contributed by atoms with Crippen LogP contribution in [0.1, 0.15) is 18.4 Å². The van der Waals surface area contributed by atoms with E-state index < -0.39 is 6.10 Å². The monoisotopic (exact) mass is 235 g/mol. The third-order valence-electron chi connectivity index (χ3n) is 3.12. The number of aliphatic hydroxyl groups is 2. The van der Waals surface area contributed by atoms with E-state index in [0.29, 0.717) is 19.4 Å². The van der Waals surface area contributed by atoms with E-state index in [2.05, 4.69) is 0 Å². The van der Waals surface area contributed by atoms with E-state index in [4.69, 9.17) is 5.11 Å². The van der Waals surface area contributed by atoms with Gasteiger partial charge in [-0.3, -0.25) is 4.79 Å². The zero-order chi connectivity index (χ0) is 12.3. The molecule has 2 N–H and O–H groups in total. The maximum Gasteiger partial charge on any atom is 0.225 e. The number of rotatable bonds is 5. The first-order chi connectivity index (χ1) is 8.20. The number of carbonyl (C=O) groups excluding carboxylic acids is 1. The highest BCUT2D eigenvalue weighted by Gasteiger charge is 2.36. The van der Waals surface area contributed by atoms with Crippen molar-refractivity contribution in [2.45, 2.75) is 31.5 Å². The molecule has 0 saturated carbocycles. The van der Waals surface area contributed by atoms with Crippen molar-refractivity contribution in [2.75, 3.05) is 6.61 Å². The number of nitrogens with zero attached hydrogens (tertiary/aromatic N) is 1. The molecule has 0 aliphatic carbocycles. The van der Waals surface area contributed by atoms with Crippen LogP contribution in [0.25, 0.3) is 0 Å². The zero-order valence-corrected chi connectivity index (χ0v) is 9.62. The maximum atomic E-state index is 11.5. The summed E-state index contributed by atoms with van der Waals surface area (Å²) < 4.78 is 0. The van der Waals surface area contributed by atoms with Gasteiger partial charge in [-0.15, -0.1) is 0 Å². The van der Waals surface area contributed by atoms with Gasteiger partial charge in [0.1, 0.15) is 0 Å². The Hall–Kier alpha value is -1.39. The quantitative estimate of drug-likeness (QED) is 0.732. The number of carbonyl (C=O) groups is 1. The lowest BCUT2D eigenvalue weighted by Crippen LogP contribution is -2.53. The molecule has 92 valence electrons. The van der Waals surface area contributed by atoms with Gasteiger partial charge in [-0.1, -0.05) is 30.3 Å². The maximum absolute atomic E-state index is 11.5. The summed E-state index contributed by atoms with van der Waals surface area (Å²) in [5.41, 5.74) is 1.09. The molecule has 2 rings (SSSR count). The molecule has 0 unspecified atom stereocenters. The summed E-state index contributed by atoms with van der Waals surface area (Å²) in [6, 6.07) is 9.84. The molecule has 1 aliphatic rings. The lowest BCUT2D eigenvalue weighted by molar-refractivity contribution is -0.148. The van der Waals surface area contributed by atoms with Crippen molar-refractivity contribution >= 4 is 5.91 Å². The van der Waals surface area contributed by atoms with Gasteiger partial charge in [-0.25, -0.2) is 0 Å². The predicted octanol–water partition coefficient (Wildman–Crippen LogP) is 0.531. The Labute approximate surface area is 100 Å². The van der Waals surface area contributed by atoms with E-state index in [1.54, 1.807) is 4.90 Å². The topological polar surface area (TPSA) is 60.8 Å². The van der Waals surface area contributed by atoms with Gasteiger partial charge >= 0.3 is 0 Å². The van der Waals surface area contributed by atoms with Crippen LogP contribution < -0.4 is 0 Å². The standard InChI is InChI=1S/C13H17NO3/c15-9-12(16)6-11-7-13(17)14(11)8-10-4-2-1-3-5-10/h1-5,11-12,15-16H,6-9H2/t11-,12+/m1/s1. The molecule has 1 aliphatic heterocycles. The summed E-state index contributed by atoms with van der Waals surface area (Å²) in [5, 5.41) is 18.2. The molecule has 1 amide bonds. The van der Waals surface area contributed by atoms with E-state index >= 15 is 0 Å². The largest absolute Gasteiger partial charge is 0.394 e. The number of hydrogen-bond acceptors (Lipinski definition) is 3. The van der Waals surface area contributed by atoms with E-state index in [1.165, 1.54) is 0 Å². The number of hydrogen-bond donors (Lipinski definition) is 2. The number of amides is 1. The van der Waals surface area contributed by atoms with Crippen molar-refractivity contribution in [2.24, 2.45) is 0 Å². The first kappa shape index (κ1) is 12.1. The average Bonchev–Trinajstić information content (AvgIpc) is 2.36. The van der Waals surface area contributed by atoms with Crippen molar-refractivity contribution in [3.05, 3.63) is 35.9 Å². The molecule has 2 atom stereocenters. The smallest absolute Gasteiger partial charge is 0.225 e. The Bertz CT molecular complexity index is 380. The first-order valence-corrected chi connectivity index (χ1v) is 5.83. The second-order valence-corrected chi connectivity index (χ2v) is 4.44. The van der Waals surface area contributed by atoms with Gasteiger partial charge in [0.15, 0.2) is 0 Å². The van der Waals surface area contributed by atoms with Gasteiger partial charge in [-0.2, -0.15) is 0 Å². The molecule has 4 heteroatoms. The fraction of sp³-hybridized carbons (Fsp3) is 0.462. The van der Waals surface area contributed by atoms with Crippen molar-refractivity contribution in [1.29, 1.82) is 0 Å². The number of β-lactam (4-membered cyclic amide) rings is 1. The molecule has 1 fully saturated rings. The second kappa shape index (κ2) is 5.29. The van der Waals surface area contributed by atoms with Crippen LogP contribution in [-0.2, 0) is 11.3 Å². The molecule has 1 aromatic carbocycles.